The molecular formula is C23H37ClN2O. The second-order valence-corrected chi connectivity index (χ2v) is 8.39. The van der Waals surface area contributed by atoms with Crippen LogP contribution in [0.2, 0.25) is 0 Å². The third-order valence-corrected chi connectivity index (χ3v) is 6.70. The average molecular weight is 393 g/mol. The maximum Gasteiger partial charge on any atom is 0.0459 e. The lowest BCUT2D eigenvalue weighted by Crippen LogP contribution is -2.46. The summed E-state index contributed by atoms with van der Waals surface area (Å²) in [6, 6.07) is 8.66. The van der Waals surface area contributed by atoms with Crippen molar-refractivity contribution in [3.05, 3.63) is 35.5 Å². The molecule has 3 nitrogen and oxygen atoms in total. The van der Waals surface area contributed by atoms with Crippen LogP contribution in [0.4, 0.5) is 0 Å². The fraction of sp³-hybridized carbons (Fsp3) is 0.652. The fourth-order valence-corrected chi connectivity index (χ4v) is 4.96. The quantitative estimate of drug-likeness (QED) is 0.608. The number of unbranched alkanes of at least 4 members (excludes halogenated alkanes) is 1. The SMILES string of the molecule is CCCCC1(N(C)C)CCC(c2[nH]c3ccccc3c2CCCO)CC1.Cl. The lowest BCUT2D eigenvalue weighted by Gasteiger charge is -2.45. The molecule has 1 aromatic carbocycles. The van der Waals surface area contributed by atoms with Crippen LogP contribution in [0.25, 0.3) is 10.9 Å². The van der Waals surface area contributed by atoms with Crippen LogP contribution in [0.3, 0.4) is 0 Å². The number of halogens is 1. The predicted molar refractivity (Wildman–Crippen MR) is 118 cm³/mol. The predicted octanol–water partition coefficient (Wildman–Crippen LogP) is 5.66. The number of nitrogens with zero attached hydrogens (tertiary/aromatic N) is 1. The minimum atomic E-state index is 0. The van der Waals surface area contributed by atoms with Gasteiger partial charge in [-0.15, -0.1) is 12.4 Å². The summed E-state index contributed by atoms with van der Waals surface area (Å²) in [6.45, 7) is 2.57. The molecule has 0 saturated heterocycles. The van der Waals surface area contributed by atoms with Gasteiger partial charge in [-0.1, -0.05) is 38.0 Å². The Hall–Kier alpha value is -1.03. The van der Waals surface area contributed by atoms with Gasteiger partial charge >= 0.3 is 0 Å². The van der Waals surface area contributed by atoms with Crippen molar-refractivity contribution in [1.82, 2.24) is 9.88 Å². The third-order valence-electron chi connectivity index (χ3n) is 6.70. The molecule has 0 bridgehead atoms. The van der Waals surface area contributed by atoms with Gasteiger partial charge in [0.25, 0.3) is 0 Å². The highest BCUT2D eigenvalue weighted by Gasteiger charge is 2.37. The van der Waals surface area contributed by atoms with E-state index in [0.29, 0.717) is 11.5 Å². The van der Waals surface area contributed by atoms with Crippen LogP contribution in [-0.4, -0.2) is 41.2 Å². The van der Waals surface area contributed by atoms with Crippen LogP contribution in [0, 0.1) is 0 Å². The molecule has 0 atom stereocenters. The molecule has 0 aliphatic heterocycles. The Morgan fingerprint density at radius 3 is 2.48 bits per heavy atom. The minimum Gasteiger partial charge on any atom is -0.396 e. The second-order valence-electron chi connectivity index (χ2n) is 8.39. The Morgan fingerprint density at radius 1 is 1.15 bits per heavy atom. The number of aryl methyl sites for hydroxylation is 1. The molecule has 1 aliphatic carbocycles. The number of aliphatic hydroxyl groups is 1. The molecule has 1 aromatic heterocycles. The van der Waals surface area contributed by atoms with Gasteiger partial charge in [-0.25, -0.2) is 0 Å². The molecule has 1 fully saturated rings. The van der Waals surface area contributed by atoms with Crippen molar-refractivity contribution in [2.75, 3.05) is 20.7 Å². The minimum absolute atomic E-state index is 0. The molecule has 4 heteroatoms. The largest absolute Gasteiger partial charge is 0.396 e. The summed E-state index contributed by atoms with van der Waals surface area (Å²) in [5.41, 5.74) is 4.54. The molecule has 0 amide bonds. The molecule has 2 aromatic rings. The number of fused-ring (bicyclic) bond motifs is 1. The maximum absolute atomic E-state index is 9.33. The molecule has 0 radical (unpaired) electrons. The van der Waals surface area contributed by atoms with E-state index >= 15 is 0 Å². The van der Waals surface area contributed by atoms with E-state index in [9.17, 15) is 5.11 Å². The smallest absolute Gasteiger partial charge is 0.0459 e. The zero-order chi connectivity index (χ0) is 18.6. The zero-order valence-electron chi connectivity index (χ0n) is 17.3. The number of rotatable bonds is 8. The molecule has 0 unspecified atom stereocenters. The molecule has 1 heterocycles. The summed E-state index contributed by atoms with van der Waals surface area (Å²) in [7, 11) is 4.54. The topological polar surface area (TPSA) is 39.3 Å². The van der Waals surface area contributed by atoms with Crippen LogP contribution >= 0.6 is 12.4 Å². The van der Waals surface area contributed by atoms with E-state index in [1.54, 1.807) is 0 Å². The third kappa shape index (κ3) is 4.70. The first kappa shape index (κ1) is 22.3. The lowest BCUT2D eigenvalue weighted by atomic mass is 9.72. The van der Waals surface area contributed by atoms with E-state index in [4.69, 9.17) is 0 Å². The number of hydrogen-bond acceptors (Lipinski definition) is 2. The number of aromatic nitrogens is 1. The van der Waals surface area contributed by atoms with Crippen LogP contribution in [0.5, 0.6) is 0 Å². The van der Waals surface area contributed by atoms with Crippen molar-refractivity contribution in [3.63, 3.8) is 0 Å². The van der Waals surface area contributed by atoms with Gasteiger partial charge in [0.05, 0.1) is 0 Å². The van der Waals surface area contributed by atoms with Crippen LogP contribution < -0.4 is 0 Å². The normalized spacial score (nSPS) is 22.9. The number of para-hydroxylation sites is 1. The van der Waals surface area contributed by atoms with Crippen molar-refractivity contribution in [3.8, 4) is 0 Å². The van der Waals surface area contributed by atoms with Gasteiger partial charge in [-0.2, -0.15) is 0 Å². The molecule has 0 spiro atoms. The summed E-state index contributed by atoms with van der Waals surface area (Å²) in [6.07, 6.45) is 10.9. The van der Waals surface area contributed by atoms with Gasteiger partial charge in [0.15, 0.2) is 0 Å². The van der Waals surface area contributed by atoms with Crippen molar-refractivity contribution in [1.29, 1.82) is 0 Å². The Bertz CT molecular complexity index is 701. The average Bonchev–Trinajstić information content (AvgIpc) is 3.03. The van der Waals surface area contributed by atoms with Gasteiger partial charge in [-0.3, -0.25) is 0 Å². The number of aromatic amines is 1. The number of nitrogens with one attached hydrogen (secondary N) is 1. The Kier molecular flexibility index (Phi) is 8.20. The first-order chi connectivity index (χ1) is 12.6. The van der Waals surface area contributed by atoms with E-state index in [2.05, 4.69) is 55.2 Å². The first-order valence-corrected chi connectivity index (χ1v) is 10.5. The van der Waals surface area contributed by atoms with Gasteiger partial charge in [0, 0.05) is 28.7 Å². The highest BCUT2D eigenvalue weighted by atomic mass is 35.5. The first-order valence-electron chi connectivity index (χ1n) is 10.5. The van der Waals surface area contributed by atoms with Crippen molar-refractivity contribution in [2.24, 2.45) is 0 Å². The van der Waals surface area contributed by atoms with E-state index < -0.39 is 0 Å². The second kappa shape index (κ2) is 9.95. The van der Waals surface area contributed by atoms with E-state index in [1.165, 1.54) is 67.1 Å². The Balaban J connectivity index is 0.00000261. The molecule has 1 aliphatic rings. The van der Waals surface area contributed by atoms with Crippen molar-refractivity contribution >= 4 is 23.3 Å². The molecule has 2 N–H and O–H groups in total. The summed E-state index contributed by atoms with van der Waals surface area (Å²) in [4.78, 5) is 6.24. The highest BCUT2D eigenvalue weighted by molar-refractivity contribution is 5.85. The fourth-order valence-electron chi connectivity index (χ4n) is 4.96. The van der Waals surface area contributed by atoms with E-state index in [-0.39, 0.29) is 19.0 Å². The van der Waals surface area contributed by atoms with Gasteiger partial charge in [0.1, 0.15) is 0 Å². The van der Waals surface area contributed by atoms with Gasteiger partial charge in [0.2, 0.25) is 0 Å². The number of aliphatic hydroxyl groups excluding tert-OH is 1. The molecule has 152 valence electrons. The van der Waals surface area contributed by atoms with Gasteiger partial charge < -0.3 is 15.0 Å². The summed E-state index contributed by atoms with van der Waals surface area (Å²) in [5, 5.41) is 10.7. The number of H-pyrrole nitrogens is 1. The lowest BCUT2D eigenvalue weighted by molar-refractivity contribution is 0.0802. The maximum atomic E-state index is 9.33. The van der Waals surface area contributed by atoms with Gasteiger partial charge in [-0.05, 0) is 76.6 Å². The summed E-state index contributed by atoms with van der Waals surface area (Å²) >= 11 is 0. The number of hydrogen-bond donors (Lipinski definition) is 2. The summed E-state index contributed by atoms with van der Waals surface area (Å²) in [5.74, 6) is 0.630. The van der Waals surface area contributed by atoms with E-state index in [1.807, 2.05) is 0 Å². The Labute approximate surface area is 170 Å². The number of benzene rings is 1. The van der Waals surface area contributed by atoms with Crippen LogP contribution in [0.15, 0.2) is 24.3 Å². The van der Waals surface area contributed by atoms with E-state index in [0.717, 1.165) is 12.8 Å². The summed E-state index contributed by atoms with van der Waals surface area (Å²) < 4.78 is 0. The molecule has 1 saturated carbocycles. The highest BCUT2D eigenvalue weighted by Crippen LogP contribution is 2.44. The monoisotopic (exact) mass is 392 g/mol. The Morgan fingerprint density at radius 2 is 1.85 bits per heavy atom. The van der Waals surface area contributed by atoms with Crippen LogP contribution in [-0.2, 0) is 6.42 Å². The standard InChI is InChI=1S/C23H36N2O.ClH/c1-4-5-14-23(25(2)3)15-12-18(13-16-23)22-20(10-8-17-26)19-9-6-7-11-21(19)24-22;/h6-7,9,11,18,24,26H,4-5,8,10,12-17H2,1-3H3;1H. The van der Waals surface area contributed by atoms with Crippen LogP contribution in [0.1, 0.15) is 75.5 Å². The molecular weight excluding hydrogens is 356 g/mol. The zero-order valence-corrected chi connectivity index (χ0v) is 18.1. The van der Waals surface area contributed by atoms with Crippen molar-refractivity contribution < 1.29 is 5.11 Å². The van der Waals surface area contributed by atoms with Crippen molar-refractivity contribution in [2.45, 2.75) is 76.2 Å². The molecule has 27 heavy (non-hydrogen) atoms. The molecule has 3 rings (SSSR count).